The van der Waals surface area contributed by atoms with Crippen LogP contribution in [0.4, 0.5) is 0 Å². The van der Waals surface area contributed by atoms with E-state index in [1.807, 2.05) is 0 Å². The van der Waals surface area contributed by atoms with Gasteiger partial charge in [0.15, 0.2) is 0 Å². The lowest BCUT2D eigenvalue weighted by Gasteiger charge is -2.28. The van der Waals surface area contributed by atoms with Gasteiger partial charge in [-0.2, -0.15) is 0 Å². The first-order chi connectivity index (χ1) is 6.78. The zero-order valence-corrected chi connectivity index (χ0v) is 8.93. The molecule has 0 aromatic heterocycles. The second-order valence-electron chi connectivity index (χ2n) is 5.04. The minimum atomic E-state index is -0.102. The normalized spacial score (nSPS) is 26.9. The molecule has 2 aliphatic rings. The maximum Gasteiger partial charge on any atom is 0.143 e. The number of hydrogen-bond donors (Lipinski definition) is 1. The Kier molecular flexibility index (Phi) is 2.91. The summed E-state index contributed by atoms with van der Waals surface area (Å²) in [6, 6.07) is 0. The minimum absolute atomic E-state index is 0.102. The third-order valence-electron chi connectivity index (χ3n) is 4.20. The van der Waals surface area contributed by atoms with Crippen LogP contribution in [0.1, 0.15) is 51.4 Å². The lowest BCUT2D eigenvalue weighted by Crippen LogP contribution is -2.39. The van der Waals surface area contributed by atoms with Gasteiger partial charge in [-0.3, -0.25) is 4.79 Å². The fourth-order valence-corrected chi connectivity index (χ4v) is 3.22. The van der Waals surface area contributed by atoms with Crippen molar-refractivity contribution in [3.05, 3.63) is 0 Å². The van der Waals surface area contributed by atoms with Crippen molar-refractivity contribution < 1.29 is 4.79 Å². The van der Waals surface area contributed by atoms with Crippen molar-refractivity contribution in [2.45, 2.75) is 51.4 Å². The molecular formula is C12H21NO. The molecule has 0 bridgehead atoms. The Morgan fingerprint density at radius 1 is 1.14 bits per heavy atom. The summed E-state index contributed by atoms with van der Waals surface area (Å²) in [7, 11) is 0. The van der Waals surface area contributed by atoms with Crippen molar-refractivity contribution in [2.24, 2.45) is 17.1 Å². The van der Waals surface area contributed by atoms with E-state index in [1.54, 1.807) is 0 Å². The Bertz CT molecular complexity index is 212. The van der Waals surface area contributed by atoms with Crippen LogP contribution in [0.15, 0.2) is 0 Å². The van der Waals surface area contributed by atoms with E-state index in [4.69, 9.17) is 5.73 Å². The molecule has 80 valence electrons. The van der Waals surface area contributed by atoms with Gasteiger partial charge in [0.05, 0.1) is 0 Å². The molecule has 0 aliphatic heterocycles. The van der Waals surface area contributed by atoms with Crippen molar-refractivity contribution in [2.75, 3.05) is 6.54 Å². The Morgan fingerprint density at radius 2 is 1.71 bits per heavy atom. The topological polar surface area (TPSA) is 43.1 Å². The average Bonchev–Trinajstić information content (AvgIpc) is 2.89. The zero-order valence-electron chi connectivity index (χ0n) is 8.93. The van der Waals surface area contributed by atoms with E-state index in [0.717, 1.165) is 25.7 Å². The van der Waals surface area contributed by atoms with Gasteiger partial charge in [0, 0.05) is 17.9 Å². The van der Waals surface area contributed by atoms with Gasteiger partial charge < -0.3 is 5.73 Å². The van der Waals surface area contributed by atoms with Crippen LogP contribution >= 0.6 is 0 Å². The Morgan fingerprint density at radius 3 is 2.21 bits per heavy atom. The number of hydrogen-bond acceptors (Lipinski definition) is 2. The summed E-state index contributed by atoms with van der Waals surface area (Å²) in [6.45, 7) is 0.586. The molecule has 0 heterocycles. The molecule has 2 aliphatic carbocycles. The molecule has 0 unspecified atom stereocenters. The zero-order chi connectivity index (χ0) is 10.0. The number of nitrogens with two attached hydrogens (primary N) is 1. The van der Waals surface area contributed by atoms with Crippen LogP contribution in [0.2, 0.25) is 0 Å². The highest BCUT2D eigenvalue weighted by Gasteiger charge is 2.43. The molecule has 2 N–H and O–H groups in total. The molecule has 2 fully saturated rings. The third kappa shape index (κ3) is 1.60. The molecule has 2 rings (SSSR count). The van der Waals surface area contributed by atoms with Crippen molar-refractivity contribution >= 4 is 5.78 Å². The summed E-state index contributed by atoms with van der Waals surface area (Å²) in [6.07, 6.45) is 9.26. The molecule has 0 spiro atoms. The summed E-state index contributed by atoms with van der Waals surface area (Å²) in [4.78, 5) is 12.3. The number of carbonyl (C=O) groups is 1. The quantitative estimate of drug-likeness (QED) is 0.750. The molecule has 2 heteroatoms. The number of carbonyl (C=O) groups excluding carboxylic acids is 1. The number of Topliss-reactive ketones (excluding diaryl/α,β-unsaturated/α-hetero) is 1. The fourth-order valence-electron chi connectivity index (χ4n) is 3.22. The van der Waals surface area contributed by atoms with Gasteiger partial charge >= 0.3 is 0 Å². The highest BCUT2D eigenvalue weighted by Crippen LogP contribution is 2.42. The summed E-state index contributed by atoms with van der Waals surface area (Å²) in [5.41, 5.74) is 5.71. The maximum absolute atomic E-state index is 12.3. The molecule has 0 aromatic rings. The van der Waals surface area contributed by atoms with Crippen molar-refractivity contribution in [1.82, 2.24) is 0 Å². The van der Waals surface area contributed by atoms with Gasteiger partial charge in [0.1, 0.15) is 5.78 Å². The van der Waals surface area contributed by atoms with E-state index < -0.39 is 0 Å². The first-order valence-corrected chi connectivity index (χ1v) is 6.03. The van der Waals surface area contributed by atoms with Crippen molar-refractivity contribution in [1.29, 1.82) is 0 Å². The molecule has 2 saturated carbocycles. The van der Waals surface area contributed by atoms with Crippen LogP contribution < -0.4 is 5.73 Å². The number of rotatable bonds is 3. The van der Waals surface area contributed by atoms with E-state index in [2.05, 4.69) is 0 Å². The molecule has 0 saturated heterocycles. The molecule has 14 heavy (non-hydrogen) atoms. The summed E-state index contributed by atoms with van der Waals surface area (Å²) < 4.78 is 0. The van der Waals surface area contributed by atoms with Crippen LogP contribution in [-0.2, 0) is 4.79 Å². The Balaban J connectivity index is 2.06. The Labute approximate surface area is 86.2 Å². The van der Waals surface area contributed by atoms with Crippen LogP contribution in [0.25, 0.3) is 0 Å². The van der Waals surface area contributed by atoms with Crippen LogP contribution in [0, 0.1) is 11.3 Å². The first-order valence-electron chi connectivity index (χ1n) is 6.03. The van der Waals surface area contributed by atoms with Gasteiger partial charge in [-0.25, -0.2) is 0 Å². The lowest BCUT2D eigenvalue weighted by atomic mass is 9.76. The summed E-state index contributed by atoms with van der Waals surface area (Å²) >= 11 is 0. The van der Waals surface area contributed by atoms with Crippen LogP contribution in [0.5, 0.6) is 0 Å². The van der Waals surface area contributed by atoms with Gasteiger partial charge in [-0.1, -0.05) is 25.7 Å². The highest BCUT2D eigenvalue weighted by atomic mass is 16.1. The van der Waals surface area contributed by atoms with E-state index in [9.17, 15) is 4.79 Å². The van der Waals surface area contributed by atoms with Crippen LogP contribution in [-0.4, -0.2) is 12.3 Å². The van der Waals surface area contributed by atoms with Gasteiger partial charge in [0.2, 0.25) is 0 Å². The van der Waals surface area contributed by atoms with Crippen molar-refractivity contribution in [3.8, 4) is 0 Å². The van der Waals surface area contributed by atoms with Gasteiger partial charge in [0.25, 0.3) is 0 Å². The summed E-state index contributed by atoms with van der Waals surface area (Å²) in [5.74, 6) is 0.867. The average molecular weight is 195 g/mol. The predicted molar refractivity (Wildman–Crippen MR) is 56.9 cm³/mol. The number of ketones is 1. The minimum Gasteiger partial charge on any atom is -0.329 e. The van der Waals surface area contributed by atoms with E-state index >= 15 is 0 Å². The monoisotopic (exact) mass is 195 g/mol. The largest absolute Gasteiger partial charge is 0.329 e. The maximum atomic E-state index is 12.3. The third-order valence-corrected chi connectivity index (χ3v) is 4.20. The molecule has 0 radical (unpaired) electrons. The standard InChI is InChI=1S/C12H21NO/c13-9-12(7-3-4-8-12)11(14)10-5-1-2-6-10/h10H,1-9,13H2. The molecule has 2 nitrogen and oxygen atoms in total. The second-order valence-corrected chi connectivity index (χ2v) is 5.04. The lowest BCUT2D eigenvalue weighted by molar-refractivity contribution is -0.132. The smallest absolute Gasteiger partial charge is 0.143 e. The van der Waals surface area contributed by atoms with Crippen LogP contribution in [0.3, 0.4) is 0 Å². The predicted octanol–water partition coefficient (Wildman–Crippen LogP) is 2.26. The SMILES string of the molecule is NCC1(C(=O)C2CCCC2)CCCC1. The van der Waals surface area contributed by atoms with Gasteiger partial charge in [-0.05, 0) is 25.7 Å². The summed E-state index contributed by atoms with van der Waals surface area (Å²) in [5, 5.41) is 0. The second kappa shape index (κ2) is 4.01. The molecule has 0 amide bonds. The Hall–Kier alpha value is -0.370. The van der Waals surface area contributed by atoms with Gasteiger partial charge in [-0.15, -0.1) is 0 Å². The van der Waals surface area contributed by atoms with E-state index in [-0.39, 0.29) is 5.41 Å². The highest BCUT2D eigenvalue weighted by molar-refractivity contribution is 5.87. The fraction of sp³-hybridized carbons (Fsp3) is 0.917. The molecular weight excluding hydrogens is 174 g/mol. The molecule has 0 aromatic carbocycles. The van der Waals surface area contributed by atoms with E-state index in [1.165, 1.54) is 25.7 Å². The molecule has 0 atom stereocenters. The van der Waals surface area contributed by atoms with Crippen molar-refractivity contribution in [3.63, 3.8) is 0 Å². The first kappa shape index (κ1) is 10.2. The van der Waals surface area contributed by atoms with E-state index in [0.29, 0.717) is 18.2 Å².